The van der Waals surface area contributed by atoms with Crippen molar-refractivity contribution in [2.45, 2.75) is 37.9 Å². The summed E-state index contributed by atoms with van der Waals surface area (Å²) in [5.74, 6) is 0. The summed E-state index contributed by atoms with van der Waals surface area (Å²) >= 11 is 0. The molecule has 1 unspecified atom stereocenters. The number of rotatable bonds is 5. The zero-order chi connectivity index (χ0) is 13.8. The molecular formula is C15H21N3O2. The summed E-state index contributed by atoms with van der Waals surface area (Å²) in [6.07, 6.45) is 3.45. The first-order valence-corrected chi connectivity index (χ1v) is 7.27. The largest absolute Gasteiger partial charge is 0.379 e. The Labute approximate surface area is 119 Å². The van der Waals surface area contributed by atoms with Crippen LogP contribution < -0.4 is 16.0 Å². The second-order valence-electron chi connectivity index (χ2n) is 5.51. The average Bonchev–Trinajstić information content (AvgIpc) is 3.14. The van der Waals surface area contributed by atoms with E-state index in [1.807, 2.05) is 18.2 Å². The molecule has 0 radical (unpaired) electrons. The molecule has 2 amide bonds. The minimum absolute atomic E-state index is 0.134. The number of ether oxygens (including phenoxy) is 1. The molecule has 3 N–H and O–H groups in total. The second kappa shape index (κ2) is 6.24. The molecular weight excluding hydrogens is 254 g/mol. The van der Waals surface area contributed by atoms with Crippen LogP contribution in [0, 0.1) is 0 Å². The van der Waals surface area contributed by atoms with Crippen molar-refractivity contribution in [3.05, 3.63) is 29.8 Å². The third-order valence-corrected chi connectivity index (χ3v) is 3.62. The van der Waals surface area contributed by atoms with Crippen molar-refractivity contribution in [2.24, 2.45) is 0 Å². The van der Waals surface area contributed by atoms with Crippen LogP contribution in [0.5, 0.6) is 0 Å². The fourth-order valence-electron chi connectivity index (χ4n) is 2.31. The van der Waals surface area contributed by atoms with Gasteiger partial charge in [0.2, 0.25) is 0 Å². The Kier molecular flexibility index (Phi) is 4.18. The fourth-order valence-corrected chi connectivity index (χ4v) is 2.31. The first kappa shape index (κ1) is 13.4. The molecule has 1 saturated heterocycles. The molecule has 1 aliphatic carbocycles. The molecule has 5 heteroatoms. The van der Waals surface area contributed by atoms with Gasteiger partial charge in [0, 0.05) is 24.9 Å². The monoisotopic (exact) mass is 275 g/mol. The lowest BCUT2D eigenvalue weighted by atomic mass is 10.2. The molecule has 108 valence electrons. The molecule has 1 aromatic carbocycles. The van der Waals surface area contributed by atoms with Crippen molar-refractivity contribution < 1.29 is 9.53 Å². The van der Waals surface area contributed by atoms with Crippen LogP contribution in [0.25, 0.3) is 0 Å². The van der Waals surface area contributed by atoms with E-state index >= 15 is 0 Å². The Morgan fingerprint density at radius 2 is 2.15 bits per heavy atom. The Morgan fingerprint density at radius 3 is 2.90 bits per heavy atom. The van der Waals surface area contributed by atoms with Crippen LogP contribution in [0.15, 0.2) is 24.3 Å². The Morgan fingerprint density at radius 1 is 1.25 bits per heavy atom. The van der Waals surface area contributed by atoms with Crippen LogP contribution in [0.1, 0.15) is 24.8 Å². The molecule has 2 aliphatic rings. The highest BCUT2D eigenvalue weighted by Gasteiger charge is 2.20. The van der Waals surface area contributed by atoms with Crippen LogP contribution in [-0.4, -0.2) is 31.3 Å². The van der Waals surface area contributed by atoms with Gasteiger partial charge in [0.1, 0.15) is 0 Å². The quantitative estimate of drug-likeness (QED) is 0.768. The minimum Gasteiger partial charge on any atom is -0.379 e. The third kappa shape index (κ3) is 3.95. The maximum absolute atomic E-state index is 11.9. The van der Waals surface area contributed by atoms with Gasteiger partial charge in [-0.2, -0.15) is 0 Å². The van der Waals surface area contributed by atoms with Gasteiger partial charge < -0.3 is 20.7 Å². The molecule has 5 nitrogen and oxygen atoms in total. The van der Waals surface area contributed by atoms with Gasteiger partial charge in [-0.05, 0) is 37.0 Å². The molecule has 1 aromatic rings. The van der Waals surface area contributed by atoms with Crippen LogP contribution in [0.2, 0.25) is 0 Å². The van der Waals surface area contributed by atoms with E-state index in [1.165, 1.54) is 18.4 Å². The number of amides is 2. The maximum atomic E-state index is 11.9. The maximum Gasteiger partial charge on any atom is 0.319 e. The molecule has 1 heterocycles. The second-order valence-corrected chi connectivity index (χ2v) is 5.51. The number of hydrogen-bond donors (Lipinski definition) is 3. The summed E-state index contributed by atoms with van der Waals surface area (Å²) < 4.78 is 5.24. The van der Waals surface area contributed by atoms with E-state index in [0.717, 1.165) is 25.3 Å². The van der Waals surface area contributed by atoms with Crippen molar-refractivity contribution in [3.8, 4) is 0 Å². The number of anilines is 1. The molecule has 1 atom stereocenters. The molecule has 20 heavy (non-hydrogen) atoms. The van der Waals surface area contributed by atoms with E-state index in [2.05, 4.69) is 22.0 Å². The van der Waals surface area contributed by atoms with Crippen LogP contribution in [-0.2, 0) is 11.3 Å². The van der Waals surface area contributed by atoms with Gasteiger partial charge in [0.15, 0.2) is 0 Å². The van der Waals surface area contributed by atoms with Gasteiger partial charge in [-0.3, -0.25) is 0 Å². The Bertz CT molecular complexity index is 468. The van der Waals surface area contributed by atoms with E-state index in [0.29, 0.717) is 12.6 Å². The number of hydrogen-bond acceptors (Lipinski definition) is 3. The predicted molar refractivity (Wildman–Crippen MR) is 77.7 cm³/mol. The van der Waals surface area contributed by atoms with Crippen molar-refractivity contribution >= 4 is 11.7 Å². The molecule has 3 rings (SSSR count). The normalized spacial score (nSPS) is 21.7. The van der Waals surface area contributed by atoms with Gasteiger partial charge in [0.05, 0.1) is 12.6 Å². The number of nitrogens with one attached hydrogen (secondary N) is 3. The lowest BCUT2D eigenvalue weighted by molar-refractivity contribution is 0.189. The van der Waals surface area contributed by atoms with E-state index < -0.39 is 0 Å². The SMILES string of the molecule is O=C(Nc1cccc(CNC2CC2)c1)NC1CCOC1. The molecule has 0 spiro atoms. The van der Waals surface area contributed by atoms with E-state index in [1.54, 1.807) is 0 Å². The summed E-state index contributed by atoms with van der Waals surface area (Å²) in [5, 5.41) is 9.26. The highest BCUT2D eigenvalue weighted by molar-refractivity contribution is 5.89. The number of benzene rings is 1. The van der Waals surface area contributed by atoms with Gasteiger partial charge >= 0.3 is 6.03 Å². The fraction of sp³-hybridized carbons (Fsp3) is 0.533. The zero-order valence-corrected chi connectivity index (χ0v) is 11.5. The number of carbonyl (C=O) groups excluding carboxylic acids is 1. The van der Waals surface area contributed by atoms with Crippen LogP contribution >= 0.6 is 0 Å². The van der Waals surface area contributed by atoms with Gasteiger partial charge in [0.25, 0.3) is 0 Å². The standard InChI is InChI=1S/C15H21N3O2/c19-15(18-14-6-7-20-10-14)17-13-3-1-2-11(8-13)9-16-12-4-5-12/h1-3,8,12,14,16H,4-7,9-10H2,(H2,17,18,19). The highest BCUT2D eigenvalue weighted by Crippen LogP contribution is 2.20. The van der Waals surface area contributed by atoms with E-state index in [4.69, 9.17) is 4.74 Å². The summed E-state index contributed by atoms with van der Waals surface area (Å²) in [7, 11) is 0. The summed E-state index contributed by atoms with van der Waals surface area (Å²) in [4.78, 5) is 11.9. The highest BCUT2D eigenvalue weighted by atomic mass is 16.5. The summed E-state index contributed by atoms with van der Waals surface area (Å²) in [6.45, 7) is 2.20. The first-order chi connectivity index (χ1) is 9.79. The average molecular weight is 275 g/mol. The third-order valence-electron chi connectivity index (χ3n) is 3.62. The van der Waals surface area contributed by atoms with E-state index in [-0.39, 0.29) is 12.1 Å². The minimum atomic E-state index is -0.159. The summed E-state index contributed by atoms with van der Waals surface area (Å²) in [5.41, 5.74) is 2.02. The Hall–Kier alpha value is -1.59. The van der Waals surface area contributed by atoms with Crippen molar-refractivity contribution in [1.82, 2.24) is 10.6 Å². The van der Waals surface area contributed by atoms with Crippen LogP contribution in [0.4, 0.5) is 10.5 Å². The van der Waals surface area contributed by atoms with Crippen LogP contribution in [0.3, 0.4) is 0 Å². The molecule has 0 aromatic heterocycles. The number of carbonyl (C=O) groups is 1. The lowest BCUT2D eigenvalue weighted by Gasteiger charge is -2.12. The molecule has 0 bridgehead atoms. The van der Waals surface area contributed by atoms with Crippen molar-refractivity contribution in [2.75, 3.05) is 18.5 Å². The van der Waals surface area contributed by atoms with Crippen molar-refractivity contribution in [1.29, 1.82) is 0 Å². The van der Waals surface area contributed by atoms with Crippen molar-refractivity contribution in [3.63, 3.8) is 0 Å². The summed E-state index contributed by atoms with van der Waals surface area (Å²) in [6, 6.07) is 8.63. The smallest absolute Gasteiger partial charge is 0.319 e. The lowest BCUT2D eigenvalue weighted by Crippen LogP contribution is -2.38. The Balaban J connectivity index is 1.50. The molecule has 2 fully saturated rings. The molecule has 1 saturated carbocycles. The number of urea groups is 1. The zero-order valence-electron chi connectivity index (χ0n) is 11.5. The molecule has 1 aliphatic heterocycles. The van der Waals surface area contributed by atoms with Gasteiger partial charge in [-0.25, -0.2) is 4.79 Å². The first-order valence-electron chi connectivity index (χ1n) is 7.27. The predicted octanol–water partition coefficient (Wildman–Crippen LogP) is 1.85. The topological polar surface area (TPSA) is 62.4 Å². The van der Waals surface area contributed by atoms with Gasteiger partial charge in [-0.1, -0.05) is 12.1 Å². The van der Waals surface area contributed by atoms with E-state index in [9.17, 15) is 4.79 Å². The van der Waals surface area contributed by atoms with Gasteiger partial charge in [-0.15, -0.1) is 0 Å².